The predicted molar refractivity (Wildman–Crippen MR) is 51.4 cm³/mol. The van der Waals surface area contributed by atoms with E-state index in [9.17, 15) is 9.59 Å². The Kier molecular flexibility index (Phi) is 4.09. The lowest BCUT2D eigenvalue weighted by Gasteiger charge is -2.01. The van der Waals surface area contributed by atoms with Crippen molar-refractivity contribution in [3.63, 3.8) is 0 Å². The Labute approximate surface area is 84.3 Å². The van der Waals surface area contributed by atoms with Gasteiger partial charge in [0.05, 0.1) is 5.69 Å². The van der Waals surface area contributed by atoms with Crippen molar-refractivity contribution in [3.05, 3.63) is 16.8 Å². The number of ether oxygens (including phenoxy) is 1. The number of nitrogens with one attached hydrogen (secondary N) is 1. The fraction of sp³-hybridized carbons (Fsp3) is 0.250. The monoisotopic (exact) mass is 215 g/mol. The second-order valence-corrected chi connectivity index (χ2v) is 3.23. The van der Waals surface area contributed by atoms with Crippen LogP contribution in [0.5, 0.6) is 0 Å². The lowest BCUT2D eigenvalue weighted by atomic mass is 10.5. The molecule has 6 heteroatoms. The quantitative estimate of drug-likeness (QED) is 0.761. The molecule has 0 radical (unpaired) electrons. The largest absolute Gasteiger partial charge is 0.480 e. The van der Waals surface area contributed by atoms with E-state index in [4.69, 9.17) is 5.11 Å². The van der Waals surface area contributed by atoms with Gasteiger partial charge in [0.2, 0.25) is 5.91 Å². The highest BCUT2D eigenvalue weighted by Gasteiger charge is 2.04. The molecule has 0 unspecified atom stereocenters. The van der Waals surface area contributed by atoms with E-state index in [2.05, 4.69) is 10.1 Å². The Morgan fingerprint density at radius 3 is 2.86 bits per heavy atom. The minimum absolute atomic E-state index is 0.248. The van der Waals surface area contributed by atoms with Crippen molar-refractivity contribution in [2.45, 2.75) is 0 Å². The van der Waals surface area contributed by atoms with Gasteiger partial charge in [0.25, 0.3) is 0 Å². The summed E-state index contributed by atoms with van der Waals surface area (Å²) in [6.45, 7) is -0.709. The molecule has 1 amide bonds. The van der Waals surface area contributed by atoms with Crippen LogP contribution < -0.4 is 5.32 Å². The first-order valence-corrected chi connectivity index (χ1v) is 4.74. The number of carbonyl (C=O) groups is 2. The summed E-state index contributed by atoms with van der Waals surface area (Å²) in [4.78, 5) is 21.1. The number of carboxylic acids is 1. The average molecular weight is 215 g/mol. The van der Waals surface area contributed by atoms with Crippen molar-refractivity contribution in [1.29, 1.82) is 0 Å². The Hall–Kier alpha value is -1.40. The summed E-state index contributed by atoms with van der Waals surface area (Å²) in [6.07, 6.45) is 0. The van der Waals surface area contributed by atoms with E-state index < -0.39 is 12.6 Å². The fourth-order valence-corrected chi connectivity index (χ4v) is 1.35. The molecular formula is C8H9NO4S. The number of carboxylic acid groups (broad SMARTS) is 1. The molecule has 5 nitrogen and oxygen atoms in total. The van der Waals surface area contributed by atoms with Crippen molar-refractivity contribution in [2.75, 3.05) is 18.5 Å². The Morgan fingerprint density at radius 1 is 1.50 bits per heavy atom. The molecule has 0 saturated heterocycles. The molecule has 0 aliphatic carbocycles. The van der Waals surface area contributed by atoms with Gasteiger partial charge in [-0.25, -0.2) is 4.79 Å². The maximum absolute atomic E-state index is 11.1. The van der Waals surface area contributed by atoms with Gasteiger partial charge in [-0.1, -0.05) is 0 Å². The molecule has 1 rings (SSSR count). The highest BCUT2D eigenvalue weighted by Crippen LogP contribution is 2.11. The number of carbonyl (C=O) groups excluding carboxylic acids is 1. The van der Waals surface area contributed by atoms with Crippen LogP contribution in [0.3, 0.4) is 0 Å². The number of hydrogen-bond donors (Lipinski definition) is 2. The molecule has 1 aromatic rings. The highest BCUT2D eigenvalue weighted by atomic mass is 32.1. The summed E-state index contributed by atoms with van der Waals surface area (Å²) in [7, 11) is 0. The summed E-state index contributed by atoms with van der Waals surface area (Å²) >= 11 is 1.46. The smallest absolute Gasteiger partial charge is 0.329 e. The van der Waals surface area contributed by atoms with Gasteiger partial charge in [0.15, 0.2) is 0 Å². The molecule has 14 heavy (non-hydrogen) atoms. The number of rotatable bonds is 5. The van der Waals surface area contributed by atoms with E-state index in [1.807, 2.05) is 5.38 Å². The normalized spacial score (nSPS) is 9.71. The van der Waals surface area contributed by atoms with Gasteiger partial charge >= 0.3 is 5.97 Å². The molecule has 1 heterocycles. The van der Waals surface area contributed by atoms with E-state index in [0.717, 1.165) is 0 Å². The molecule has 0 aliphatic rings. The molecule has 0 aliphatic heterocycles. The zero-order valence-electron chi connectivity index (χ0n) is 7.23. The summed E-state index contributed by atoms with van der Waals surface area (Å²) in [5, 5.41) is 14.4. The van der Waals surface area contributed by atoms with Gasteiger partial charge in [0.1, 0.15) is 13.2 Å². The summed E-state index contributed by atoms with van der Waals surface area (Å²) in [6, 6.07) is 1.75. The van der Waals surface area contributed by atoms with Crippen molar-refractivity contribution < 1.29 is 19.4 Å². The minimum atomic E-state index is -1.09. The molecule has 2 N–H and O–H groups in total. The van der Waals surface area contributed by atoms with Crippen LogP contribution in [-0.4, -0.2) is 30.2 Å². The molecular weight excluding hydrogens is 206 g/mol. The van der Waals surface area contributed by atoms with Crippen LogP contribution in [0.4, 0.5) is 5.69 Å². The Bertz CT molecular complexity index is 309. The maximum atomic E-state index is 11.1. The first kappa shape index (κ1) is 10.7. The number of amides is 1. The van der Waals surface area contributed by atoms with Gasteiger partial charge in [-0.05, 0) is 11.4 Å². The van der Waals surface area contributed by atoms with Gasteiger partial charge < -0.3 is 15.2 Å². The lowest BCUT2D eigenvalue weighted by Crippen LogP contribution is -2.20. The molecule has 0 fully saturated rings. The zero-order valence-corrected chi connectivity index (χ0v) is 8.04. The molecule has 0 bridgehead atoms. The molecule has 1 aromatic heterocycles. The number of aliphatic carboxylic acids is 1. The summed E-state index contributed by atoms with van der Waals surface area (Å²) in [5.41, 5.74) is 0.693. The third-order valence-electron chi connectivity index (χ3n) is 1.26. The zero-order chi connectivity index (χ0) is 10.4. The SMILES string of the molecule is O=C(O)COCC(=O)Nc1ccsc1. The summed E-state index contributed by atoms with van der Waals surface area (Å²) in [5.74, 6) is -1.45. The molecule has 0 spiro atoms. The highest BCUT2D eigenvalue weighted by molar-refractivity contribution is 7.08. The van der Waals surface area contributed by atoms with E-state index in [1.165, 1.54) is 11.3 Å². The van der Waals surface area contributed by atoms with Gasteiger partial charge in [-0.3, -0.25) is 4.79 Å². The van der Waals surface area contributed by atoms with Gasteiger partial charge in [-0.15, -0.1) is 0 Å². The second kappa shape index (κ2) is 5.36. The van der Waals surface area contributed by atoms with Gasteiger partial charge in [-0.2, -0.15) is 11.3 Å². The first-order valence-electron chi connectivity index (χ1n) is 3.80. The van der Waals surface area contributed by atoms with Crippen LogP contribution >= 0.6 is 11.3 Å². The van der Waals surface area contributed by atoms with E-state index in [0.29, 0.717) is 5.69 Å². The Morgan fingerprint density at radius 2 is 2.29 bits per heavy atom. The number of anilines is 1. The fourth-order valence-electron chi connectivity index (χ4n) is 0.764. The van der Waals surface area contributed by atoms with Crippen LogP contribution in [0.25, 0.3) is 0 Å². The number of hydrogen-bond acceptors (Lipinski definition) is 4. The second-order valence-electron chi connectivity index (χ2n) is 2.45. The van der Waals surface area contributed by atoms with Crippen molar-refractivity contribution >= 4 is 28.9 Å². The first-order chi connectivity index (χ1) is 6.68. The van der Waals surface area contributed by atoms with Crippen LogP contribution in [0.15, 0.2) is 16.8 Å². The third kappa shape index (κ3) is 4.01. The van der Waals surface area contributed by atoms with Crippen molar-refractivity contribution in [2.24, 2.45) is 0 Å². The standard InChI is InChI=1S/C8H9NO4S/c10-7(3-13-4-8(11)12)9-6-1-2-14-5-6/h1-2,5H,3-4H2,(H,9,10)(H,11,12). The minimum Gasteiger partial charge on any atom is -0.480 e. The van der Waals surface area contributed by atoms with E-state index >= 15 is 0 Å². The van der Waals surface area contributed by atoms with Crippen molar-refractivity contribution in [1.82, 2.24) is 0 Å². The molecule has 0 atom stereocenters. The van der Waals surface area contributed by atoms with Gasteiger partial charge in [0, 0.05) is 5.38 Å². The maximum Gasteiger partial charge on any atom is 0.329 e. The Balaban J connectivity index is 2.20. The summed E-state index contributed by atoms with van der Waals surface area (Å²) < 4.78 is 4.60. The van der Waals surface area contributed by atoms with E-state index in [-0.39, 0.29) is 12.5 Å². The van der Waals surface area contributed by atoms with Crippen LogP contribution in [0.1, 0.15) is 0 Å². The lowest BCUT2D eigenvalue weighted by molar-refractivity contribution is -0.143. The number of thiophene rings is 1. The predicted octanol–water partition coefficient (Wildman–Crippen LogP) is 0.788. The van der Waals surface area contributed by atoms with Crippen LogP contribution in [0, 0.1) is 0 Å². The molecule has 0 saturated carbocycles. The topological polar surface area (TPSA) is 75.6 Å². The van der Waals surface area contributed by atoms with Crippen LogP contribution in [0.2, 0.25) is 0 Å². The van der Waals surface area contributed by atoms with Crippen molar-refractivity contribution in [3.8, 4) is 0 Å². The molecule has 0 aromatic carbocycles. The average Bonchev–Trinajstić information content (AvgIpc) is 2.56. The van der Waals surface area contributed by atoms with E-state index in [1.54, 1.807) is 11.4 Å². The third-order valence-corrected chi connectivity index (χ3v) is 1.95. The van der Waals surface area contributed by atoms with Crippen LogP contribution in [-0.2, 0) is 14.3 Å². The molecule has 76 valence electrons.